The maximum Gasteiger partial charge on any atom is 0.0728 e. The topological polar surface area (TPSA) is 0 Å². The number of rotatable bonds is 6. The van der Waals surface area contributed by atoms with Crippen LogP contribution in [0, 0.1) is 0 Å². The Labute approximate surface area is 400 Å². The Morgan fingerprint density at radius 1 is 0.388 bits per heavy atom. The number of benzene rings is 8. The van der Waals surface area contributed by atoms with Crippen LogP contribution in [0.4, 0.5) is 0 Å². The van der Waals surface area contributed by atoms with Gasteiger partial charge in [0.2, 0.25) is 0 Å². The summed E-state index contributed by atoms with van der Waals surface area (Å²) >= 11 is 0. The van der Waals surface area contributed by atoms with E-state index in [1.165, 1.54) is 117 Å². The van der Waals surface area contributed by atoms with Crippen molar-refractivity contribution in [3.8, 4) is 44.5 Å². The molecule has 4 aliphatic carbocycles. The third kappa shape index (κ3) is 6.03. The van der Waals surface area contributed by atoms with Crippen LogP contribution in [0.2, 0.25) is 0 Å². The molecule has 0 aliphatic heterocycles. The van der Waals surface area contributed by atoms with Crippen LogP contribution >= 0.6 is 0 Å². The van der Waals surface area contributed by atoms with Crippen molar-refractivity contribution in [1.82, 2.24) is 0 Å². The van der Waals surface area contributed by atoms with E-state index >= 15 is 0 Å². The van der Waals surface area contributed by atoms with Crippen molar-refractivity contribution in [1.29, 1.82) is 0 Å². The van der Waals surface area contributed by atoms with Gasteiger partial charge in [0.05, 0.1) is 5.41 Å². The highest BCUT2D eigenvalue weighted by atomic mass is 14.5. The molecule has 4 aliphatic rings. The van der Waals surface area contributed by atoms with Gasteiger partial charge in [0.25, 0.3) is 0 Å². The van der Waals surface area contributed by atoms with Crippen LogP contribution in [0.1, 0.15) is 154 Å². The normalized spacial score (nSPS) is 16.4. The lowest BCUT2D eigenvalue weighted by molar-refractivity contribution is 0.585. The molecule has 0 amide bonds. The molecule has 1 atom stereocenters. The predicted octanol–water partition coefficient (Wildman–Crippen LogP) is 17.2. The zero-order chi connectivity index (χ0) is 46.4. The van der Waals surface area contributed by atoms with Crippen LogP contribution in [0.3, 0.4) is 0 Å². The Bertz CT molecular complexity index is 3290. The van der Waals surface area contributed by atoms with E-state index in [-0.39, 0.29) is 21.7 Å². The maximum absolute atomic E-state index is 2.60. The lowest BCUT2D eigenvalue weighted by Crippen LogP contribution is -2.28. The van der Waals surface area contributed by atoms with Gasteiger partial charge in [-0.25, -0.2) is 0 Å². The Morgan fingerprint density at radius 2 is 0.836 bits per heavy atom. The fraction of sp³-hybridized carbons (Fsp3) is 0.284. The van der Waals surface area contributed by atoms with Crippen molar-refractivity contribution in [2.75, 3.05) is 0 Å². The highest BCUT2D eigenvalue weighted by Gasteiger charge is 2.53. The van der Waals surface area contributed by atoms with Crippen molar-refractivity contribution in [3.63, 3.8) is 0 Å². The van der Waals surface area contributed by atoms with Gasteiger partial charge in [-0.15, -0.1) is 0 Å². The number of hydrogen-bond acceptors (Lipinski definition) is 0. The average Bonchev–Trinajstić information content (AvgIpc) is 3.94. The fourth-order valence-electron chi connectivity index (χ4n) is 13.3. The molecular formula is C67H64. The molecular weight excluding hydrogens is 805 g/mol. The molecule has 0 heteroatoms. The summed E-state index contributed by atoms with van der Waals surface area (Å²) in [6.45, 7) is 23.9. The third-order valence-electron chi connectivity index (χ3n) is 17.0. The molecule has 1 spiro atoms. The zero-order valence-corrected chi connectivity index (χ0v) is 41.3. The summed E-state index contributed by atoms with van der Waals surface area (Å²) in [7, 11) is 0. The monoisotopic (exact) mass is 869 g/mol. The highest BCUT2D eigenvalue weighted by molar-refractivity contribution is 5.96. The van der Waals surface area contributed by atoms with E-state index in [1.807, 2.05) is 0 Å². The van der Waals surface area contributed by atoms with E-state index in [9.17, 15) is 0 Å². The number of aryl methyl sites for hydroxylation is 1. The second kappa shape index (κ2) is 14.4. The van der Waals surface area contributed by atoms with E-state index in [1.54, 1.807) is 0 Å². The molecule has 0 fully saturated rings. The minimum absolute atomic E-state index is 0.0105. The number of fused-ring (bicyclic) bond motifs is 16. The molecule has 67 heavy (non-hydrogen) atoms. The van der Waals surface area contributed by atoms with Gasteiger partial charge in [0.15, 0.2) is 0 Å². The van der Waals surface area contributed by atoms with Crippen LogP contribution < -0.4 is 0 Å². The van der Waals surface area contributed by atoms with Crippen LogP contribution in [0.25, 0.3) is 44.5 Å². The minimum atomic E-state index is -0.421. The summed E-state index contributed by atoms with van der Waals surface area (Å²) in [5.74, 6) is 0.313. The quantitative estimate of drug-likeness (QED) is 0.156. The third-order valence-corrected chi connectivity index (χ3v) is 17.0. The first-order valence-electron chi connectivity index (χ1n) is 25.0. The van der Waals surface area contributed by atoms with Crippen LogP contribution in [-0.4, -0.2) is 0 Å². The average molecular weight is 869 g/mol. The van der Waals surface area contributed by atoms with Gasteiger partial charge in [-0.1, -0.05) is 233 Å². The van der Waals surface area contributed by atoms with Crippen LogP contribution in [0.15, 0.2) is 164 Å². The first kappa shape index (κ1) is 42.1. The molecule has 12 rings (SSSR count). The lowest BCUT2D eigenvalue weighted by Gasteiger charge is -2.34. The van der Waals surface area contributed by atoms with E-state index in [4.69, 9.17) is 0 Å². The second-order valence-corrected chi connectivity index (χ2v) is 23.6. The molecule has 1 unspecified atom stereocenters. The van der Waals surface area contributed by atoms with Gasteiger partial charge >= 0.3 is 0 Å². The summed E-state index contributed by atoms with van der Waals surface area (Å²) in [5.41, 5.74) is 29.3. The SMILES string of the molecule is CC(C)(C)c1ccc2c(c1)C1(c3cc(C(C)(C)C)ccc3-2)c2ccccc2-c2cccc(CCC(Cc3ccc4c(c3)C(C)(C)c3ccccc3-4)c3ccc4c(c3)C(C)(C)c3ccccc3-4)c21. The van der Waals surface area contributed by atoms with E-state index in [0.717, 1.165) is 19.3 Å². The molecule has 0 saturated heterocycles. The van der Waals surface area contributed by atoms with Crippen molar-refractivity contribution < 1.29 is 0 Å². The van der Waals surface area contributed by atoms with Gasteiger partial charge in [-0.05, 0) is 153 Å². The van der Waals surface area contributed by atoms with Crippen molar-refractivity contribution in [2.45, 2.75) is 121 Å². The van der Waals surface area contributed by atoms with Gasteiger partial charge in [0, 0.05) is 10.8 Å². The van der Waals surface area contributed by atoms with Gasteiger partial charge in [-0.3, -0.25) is 0 Å². The molecule has 0 aromatic heterocycles. The summed E-state index contributed by atoms with van der Waals surface area (Å²) < 4.78 is 0. The van der Waals surface area contributed by atoms with Crippen LogP contribution in [-0.2, 0) is 39.9 Å². The Kier molecular flexibility index (Phi) is 9.05. The van der Waals surface area contributed by atoms with Crippen molar-refractivity contribution in [3.05, 3.63) is 236 Å². The molecule has 0 heterocycles. The first-order chi connectivity index (χ1) is 32.0. The highest BCUT2D eigenvalue weighted by Crippen LogP contribution is 2.64. The summed E-state index contributed by atoms with van der Waals surface area (Å²) in [6.07, 6.45) is 3.01. The van der Waals surface area contributed by atoms with Gasteiger partial charge in [-0.2, -0.15) is 0 Å². The summed E-state index contributed by atoms with van der Waals surface area (Å²) in [4.78, 5) is 0. The smallest absolute Gasteiger partial charge is 0.0619 e. The van der Waals surface area contributed by atoms with E-state index in [2.05, 4.69) is 233 Å². The van der Waals surface area contributed by atoms with Crippen LogP contribution in [0.5, 0.6) is 0 Å². The molecule has 0 radical (unpaired) electrons. The first-order valence-corrected chi connectivity index (χ1v) is 25.0. The van der Waals surface area contributed by atoms with Gasteiger partial charge in [0.1, 0.15) is 0 Å². The maximum atomic E-state index is 2.60. The van der Waals surface area contributed by atoms with E-state index < -0.39 is 5.41 Å². The molecule has 0 nitrogen and oxygen atoms in total. The molecule has 0 N–H and O–H groups in total. The predicted molar refractivity (Wildman–Crippen MR) is 283 cm³/mol. The van der Waals surface area contributed by atoms with E-state index in [0.29, 0.717) is 5.92 Å². The van der Waals surface area contributed by atoms with Gasteiger partial charge < -0.3 is 0 Å². The standard InChI is InChI=1S/C67H64/c1-63(2,3)45-30-34-52-53-35-31-46(64(4,5)6)40-61(53)67(60(52)39-45)57-25-16-13-21-49(57)54-22-17-18-42(62(54)67)27-28-43(44-29-33-51-48-20-12-15-24-56(48)66(9,10)59(51)38-44)36-41-26-32-50-47-19-11-14-23-55(47)65(7,8)58(50)37-41/h11-26,29-35,37-40,43H,27-28,36H2,1-10H3. The molecule has 332 valence electrons. The van der Waals surface area contributed by atoms with Crippen molar-refractivity contribution in [2.24, 2.45) is 0 Å². The lowest BCUT2D eigenvalue weighted by atomic mass is 9.67. The molecule has 8 aromatic rings. The Balaban J connectivity index is 1.02. The second-order valence-electron chi connectivity index (χ2n) is 23.6. The Hall–Kier alpha value is -6.24. The largest absolute Gasteiger partial charge is 0.0728 e. The molecule has 0 bridgehead atoms. The Morgan fingerprint density at radius 3 is 1.40 bits per heavy atom. The zero-order valence-electron chi connectivity index (χ0n) is 41.3. The fourth-order valence-corrected chi connectivity index (χ4v) is 13.3. The molecule has 8 aromatic carbocycles. The summed E-state index contributed by atoms with van der Waals surface area (Å²) in [5, 5.41) is 0. The van der Waals surface area contributed by atoms with Crippen molar-refractivity contribution >= 4 is 0 Å². The number of hydrogen-bond donors (Lipinski definition) is 0. The summed E-state index contributed by atoms with van der Waals surface area (Å²) in [6, 6.07) is 64.6. The molecule has 0 saturated carbocycles. The minimum Gasteiger partial charge on any atom is -0.0619 e.